The van der Waals surface area contributed by atoms with Gasteiger partial charge in [0.15, 0.2) is 10.8 Å². The summed E-state index contributed by atoms with van der Waals surface area (Å²) in [6.07, 6.45) is 1.07. The molecule has 3 aromatic rings. The van der Waals surface area contributed by atoms with Crippen LogP contribution in [-0.2, 0) is 4.74 Å². The average Bonchev–Trinajstić information content (AvgIpc) is 3.06. The van der Waals surface area contributed by atoms with E-state index in [1.54, 1.807) is 27.1 Å². The first-order valence-electron chi connectivity index (χ1n) is 8.73. The van der Waals surface area contributed by atoms with Crippen LogP contribution in [0.5, 0.6) is 0 Å². The van der Waals surface area contributed by atoms with Crippen molar-refractivity contribution >= 4 is 52.2 Å². The summed E-state index contributed by atoms with van der Waals surface area (Å²) in [5.41, 5.74) is 1.85. The number of anilines is 2. The molecule has 10 nitrogen and oxygen atoms in total. The molecule has 0 aliphatic carbocycles. The number of fused-ring (bicyclic) bond motifs is 1. The first-order valence-corrected chi connectivity index (χ1v) is 9.49. The Morgan fingerprint density at radius 1 is 1.17 bits per heavy atom. The van der Waals surface area contributed by atoms with Crippen LogP contribution in [0.4, 0.5) is 16.2 Å². The van der Waals surface area contributed by atoms with Crippen LogP contribution in [0.3, 0.4) is 0 Å². The molecule has 0 bridgehead atoms. The number of rotatable bonds is 5. The quantitative estimate of drug-likeness (QED) is 0.573. The molecule has 12 heteroatoms. The van der Waals surface area contributed by atoms with E-state index in [4.69, 9.17) is 27.9 Å². The highest BCUT2D eigenvalue weighted by Crippen LogP contribution is 2.26. The number of aromatic nitrogens is 4. The maximum Gasteiger partial charge on any atom is 0.323 e. The SMILES string of the molecule is CO[C@@H](C)c1c(NC(=O)Nc2cc(Cl)nc(C(=O)N(C)C)c2)cnc2cc(Cl)nn12. The van der Waals surface area contributed by atoms with Gasteiger partial charge in [0.2, 0.25) is 0 Å². The predicted molar refractivity (Wildman–Crippen MR) is 113 cm³/mol. The number of hydrogen-bond donors (Lipinski definition) is 2. The second-order valence-electron chi connectivity index (χ2n) is 6.51. The maximum atomic E-state index is 12.6. The maximum absolute atomic E-state index is 12.6. The van der Waals surface area contributed by atoms with Crippen LogP contribution < -0.4 is 10.6 Å². The summed E-state index contributed by atoms with van der Waals surface area (Å²) >= 11 is 12.0. The summed E-state index contributed by atoms with van der Waals surface area (Å²) in [7, 11) is 4.72. The third kappa shape index (κ3) is 4.61. The van der Waals surface area contributed by atoms with E-state index in [9.17, 15) is 9.59 Å². The monoisotopic (exact) mass is 451 g/mol. The Kier molecular flexibility index (Phi) is 6.40. The van der Waals surface area contributed by atoms with Crippen molar-refractivity contribution in [1.29, 1.82) is 0 Å². The molecule has 0 unspecified atom stereocenters. The van der Waals surface area contributed by atoms with E-state index in [0.717, 1.165) is 0 Å². The number of ether oxygens (including phenoxy) is 1. The third-order valence-electron chi connectivity index (χ3n) is 4.15. The Balaban J connectivity index is 1.88. The zero-order valence-electron chi connectivity index (χ0n) is 16.6. The number of nitrogens with zero attached hydrogens (tertiary/aromatic N) is 5. The summed E-state index contributed by atoms with van der Waals surface area (Å²) in [6, 6.07) is 3.88. The van der Waals surface area contributed by atoms with Crippen LogP contribution in [0.25, 0.3) is 5.65 Å². The molecule has 158 valence electrons. The van der Waals surface area contributed by atoms with E-state index in [0.29, 0.717) is 22.7 Å². The third-order valence-corrected chi connectivity index (χ3v) is 4.53. The molecule has 0 radical (unpaired) electrons. The lowest BCUT2D eigenvalue weighted by atomic mass is 10.2. The number of urea groups is 1. The topological polar surface area (TPSA) is 114 Å². The van der Waals surface area contributed by atoms with Crippen molar-refractivity contribution in [3.63, 3.8) is 0 Å². The van der Waals surface area contributed by atoms with E-state index >= 15 is 0 Å². The first-order chi connectivity index (χ1) is 14.2. The minimum absolute atomic E-state index is 0.0703. The lowest BCUT2D eigenvalue weighted by molar-refractivity contribution is 0.0822. The number of carbonyl (C=O) groups is 2. The van der Waals surface area contributed by atoms with Gasteiger partial charge in [-0.05, 0) is 19.1 Å². The molecule has 30 heavy (non-hydrogen) atoms. The second-order valence-corrected chi connectivity index (χ2v) is 7.29. The molecule has 3 aromatic heterocycles. The van der Waals surface area contributed by atoms with Crippen LogP contribution in [0.15, 0.2) is 24.4 Å². The van der Waals surface area contributed by atoms with Crippen LogP contribution in [0, 0.1) is 0 Å². The van der Waals surface area contributed by atoms with Crippen molar-refractivity contribution < 1.29 is 14.3 Å². The minimum atomic E-state index is -0.579. The molecular formula is C18H19Cl2N7O3. The molecule has 0 aliphatic heterocycles. The zero-order chi connectivity index (χ0) is 22.0. The number of nitrogens with one attached hydrogen (secondary N) is 2. The Labute approximate surface area is 182 Å². The molecule has 0 fully saturated rings. The predicted octanol–water partition coefficient (Wildman–Crippen LogP) is 3.48. The molecular weight excluding hydrogens is 433 g/mol. The lowest BCUT2D eigenvalue weighted by Crippen LogP contribution is -2.24. The van der Waals surface area contributed by atoms with Crippen LogP contribution in [0.1, 0.15) is 29.2 Å². The van der Waals surface area contributed by atoms with Gasteiger partial charge in [0.1, 0.15) is 10.8 Å². The highest BCUT2D eigenvalue weighted by Gasteiger charge is 2.19. The number of methoxy groups -OCH3 is 1. The number of amides is 3. The van der Waals surface area contributed by atoms with Crippen molar-refractivity contribution in [3.05, 3.63) is 46.1 Å². The normalized spacial score (nSPS) is 11.9. The Hall–Kier alpha value is -2.95. The van der Waals surface area contributed by atoms with Gasteiger partial charge in [-0.25, -0.2) is 19.3 Å². The van der Waals surface area contributed by atoms with Gasteiger partial charge >= 0.3 is 6.03 Å². The van der Waals surface area contributed by atoms with Gasteiger partial charge < -0.3 is 20.3 Å². The molecule has 3 heterocycles. The molecule has 0 aromatic carbocycles. The highest BCUT2D eigenvalue weighted by molar-refractivity contribution is 6.30. The molecule has 0 saturated heterocycles. The molecule has 3 amide bonds. The van der Waals surface area contributed by atoms with Crippen molar-refractivity contribution in [3.8, 4) is 0 Å². The number of pyridine rings is 1. The van der Waals surface area contributed by atoms with Crippen molar-refractivity contribution in [1.82, 2.24) is 24.5 Å². The average molecular weight is 452 g/mol. The minimum Gasteiger partial charge on any atom is -0.375 e. The smallest absolute Gasteiger partial charge is 0.323 e. The summed E-state index contributed by atoms with van der Waals surface area (Å²) in [4.78, 5) is 34.3. The Morgan fingerprint density at radius 3 is 2.57 bits per heavy atom. The van der Waals surface area contributed by atoms with Gasteiger partial charge in [0.05, 0.1) is 23.7 Å². The van der Waals surface area contributed by atoms with Crippen LogP contribution in [-0.4, -0.2) is 57.6 Å². The van der Waals surface area contributed by atoms with E-state index in [1.807, 2.05) is 0 Å². The van der Waals surface area contributed by atoms with Gasteiger partial charge in [-0.2, -0.15) is 5.10 Å². The fraction of sp³-hybridized carbons (Fsp3) is 0.278. The summed E-state index contributed by atoms with van der Waals surface area (Å²) < 4.78 is 6.91. The van der Waals surface area contributed by atoms with E-state index in [-0.39, 0.29) is 21.9 Å². The van der Waals surface area contributed by atoms with Crippen LogP contribution in [0.2, 0.25) is 10.3 Å². The fourth-order valence-electron chi connectivity index (χ4n) is 2.71. The largest absolute Gasteiger partial charge is 0.375 e. The van der Waals surface area contributed by atoms with Gasteiger partial charge in [-0.15, -0.1) is 0 Å². The fourth-order valence-corrected chi connectivity index (χ4v) is 3.10. The first kappa shape index (κ1) is 21.8. The molecule has 0 spiro atoms. The summed E-state index contributed by atoms with van der Waals surface area (Å²) in [6.45, 7) is 1.80. The second kappa shape index (κ2) is 8.82. The standard InChI is InChI=1S/C18H19Cl2N7O3/c1-9(30-4)16-12(8-21-15-7-14(20)25-27(15)16)24-18(29)22-10-5-11(17(28)26(2)3)23-13(19)6-10/h5-9H,1-4H3,(H2,22,23,24,29)/t9-/m0/s1. The number of hydrogen-bond acceptors (Lipinski definition) is 6. The van der Waals surface area contributed by atoms with Gasteiger partial charge in [-0.1, -0.05) is 23.2 Å². The van der Waals surface area contributed by atoms with Crippen molar-refractivity contribution in [2.45, 2.75) is 13.0 Å². The molecule has 1 atom stereocenters. The van der Waals surface area contributed by atoms with Gasteiger partial charge in [0, 0.05) is 33.0 Å². The van der Waals surface area contributed by atoms with Gasteiger partial charge in [-0.3, -0.25) is 4.79 Å². The summed E-state index contributed by atoms with van der Waals surface area (Å²) in [5, 5.41) is 9.87. The Morgan fingerprint density at radius 2 is 1.90 bits per heavy atom. The number of carbonyl (C=O) groups excluding carboxylic acids is 2. The van der Waals surface area contributed by atoms with E-state index in [2.05, 4.69) is 25.7 Å². The van der Waals surface area contributed by atoms with Crippen molar-refractivity contribution in [2.75, 3.05) is 31.8 Å². The van der Waals surface area contributed by atoms with E-state index in [1.165, 1.54) is 34.9 Å². The van der Waals surface area contributed by atoms with E-state index < -0.39 is 12.1 Å². The summed E-state index contributed by atoms with van der Waals surface area (Å²) in [5.74, 6) is -0.345. The molecule has 0 saturated carbocycles. The van der Waals surface area contributed by atoms with Crippen molar-refractivity contribution in [2.24, 2.45) is 0 Å². The zero-order valence-corrected chi connectivity index (χ0v) is 18.1. The molecule has 0 aliphatic rings. The molecule has 2 N–H and O–H groups in total. The van der Waals surface area contributed by atoms with Gasteiger partial charge in [0.25, 0.3) is 5.91 Å². The molecule has 3 rings (SSSR count). The highest BCUT2D eigenvalue weighted by atomic mass is 35.5. The Bertz CT molecular complexity index is 1120. The lowest BCUT2D eigenvalue weighted by Gasteiger charge is -2.17. The van der Waals surface area contributed by atoms with Crippen LogP contribution >= 0.6 is 23.2 Å². The number of halogens is 2.